The van der Waals surface area contributed by atoms with Crippen LogP contribution in [0.2, 0.25) is 0 Å². The summed E-state index contributed by atoms with van der Waals surface area (Å²) >= 11 is 3.37. The van der Waals surface area contributed by atoms with E-state index in [0.29, 0.717) is 6.42 Å². The molecule has 1 atom stereocenters. The van der Waals surface area contributed by atoms with Crippen molar-refractivity contribution in [3.8, 4) is 5.75 Å². The molecule has 2 N–H and O–H groups in total. The summed E-state index contributed by atoms with van der Waals surface area (Å²) in [7, 11) is 1.65. The maximum Gasteiger partial charge on any atom is 0.124 e. The molecule has 0 aliphatic carbocycles. The number of nitrogens with two attached hydrogens (primary N) is 1. The van der Waals surface area contributed by atoms with E-state index in [4.69, 9.17) is 10.5 Å². The average molecular weight is 338 g/mol. The summed E-state index contributed by atoms with van der Waals surface area (Å²) in [5.41, 5.74) is 9.30. The number of ether oxygens (including phenoxy) is 1. The zero-order valence-electron chi connectivity index (χ0n) is 11.5. The summed E-state index contributed by atoms with van der Waals surface area (Å²) in [5, 5.41) is 0. The van der Waals surface area contributed by atoms with Crippen LogP contribution in [0.4, 0.5) is 4.39 Å². The second-order valence-electron chi connectivity index (χ2n) is 4.78. The predicted octanol–water partition coefficient (Wildman–Crippen LogP) is 4.15. The average Bonchev–Trinajstić information content (AvgIpc) is 2.42. The molecule has 106 valence electrons. The molecule has 2 aromatic rings. The fraction of sp³-hybridized carbons (Fsp3) is 0.250. The second-order valence-corrected chi connectivity index (χ2v) is 5.63. The fourth-order valence-corrected chi connectivity index (χ4v) is 2.62. The smallest absolute Gasteiger partial charge is 0.124 e. The number of hydrogen-bond acceptors (Lipinski definition) is 2. The fourth-order valence-electron chi connectivity index (χ4n) is 2.11. The topological polar surface area (TPSA) is 35.2 Å². The van der Waals surface area contributed by atoms with E-state index >= 15 is 0 Å². The van der Waals surface area contributed by atoms with Gasteiger partial charge < -0.3 is 10.5 Å². The molecular formula is C16H17BrFNO. The molecule has 0 amide bonds. The van der Waals surface area contributed by atoms with Crippen LogP contribution in [0.1, 0.15) is 22.7 Å². The van der Waals surface area contributed by atoms with Gasteiger partial charge in [0.15, 0.2) is 0 Å². The molecule has 0 saturated heterocycles. The molecule has 0 saturated carbocycles. The second kappa shape index (κ2) is 6.37. The Morgan fingerprint density at radius 3 is 2.65 bits per heavy atom. The molecule has 0 aliphatic heterocycles. The van der Waals surface area contributed by atoms with Crippen molar-refractivity contribution in [2.75, 3.05) is 7.11 Å². The lowest BCUT2D eigenvalue weighted by molar-refractivity contribution is 0.410. The highest BCUT2D eigenvalue weighted by molar-refractivity contribution is 9.10. The third-order valence-electron chi connectivity index (χ3n) is 3.32. The van der Waals surface area contributed by atoms with Crippen molar-refractivity contribution in [1.29, 1.82) is 0 Å². The summed E-state index contributed by atoms with van der Waals surface area (Å²) < 4.78 is 19.1. The molecule has 0 spiro atoms. The summed E-state index contributed by atoms with van der Waals surface area (Å²) in [5.74, 6) is 0.572. The van der Waals surface area contributed by atoms with E-state index < -0.39 is 0 Å². The zero-order valence-corrected chi connectivity index (χ0v) is 13.1. The summed E-state index contributed by atoms with van der Waals surface area (Å²) in [6.45, 7) is 1.99. The number of methoxy groups -OCH3 is 1. The quantitative estimate of drug-likeness (QED) is 0.909. The Morgan fingerprint density at radius 2 is 2.00 bits per heavy atom. The minimum atomic E-state index is -0.258. The molecule has 0 aliphatic rings. The van der Waals surface area contributed by atoms with Gasteiger partial charge in [-0.1, -0.05) is 34.1 Å². The highest BCUT2D eigenvalue weighted by atomic mass is 79.9. The van der Waals surface area contributed by atoms with Gasteiger partial charge in [0.05, 0.1) is 7.11 Å². The minimum absolute atomic E-state index is 0.161. The minimum Gasteiger partial charge on any atom is -0.496 e. The van der Waals surface area contributed by atoms with Gasteiger partial charge in [0.1, 0.15) is 11.6 Å². The van der Waals surface area contributed by atoms with Gasteiger partial charge in [0.2, 0.25) is 0 Å². The standard InChI is InChI=1S/C16H17BrFNO/c1-10-3-4-12(8-16(10)20-2)15(19)7-11-5-6-13(18)9-14(11)17/h3-6,8-9,15H,7,19H2,1-2H3. The van der Waals surface area contributed by atoms with Gasteiger partial charge in [-0.05, 0) is 48.2 Å². The van der Waals surface area contributed by atoms with Crippen LogP contribution >= 0.6 is 15.9 Å². The maximum atomic E-state index is 13.1. The normalized spacial score (nSPS) is 12.2. The number of benzene rings is 2. The van der Waals surface area contributed by atoms with E-state index in [2.05, 4.69) is 15.9 Å². The Morgan fingerprint density at radius 1 is 1.25 bits per heavy atom. The van der Waals surface area contributed by atoms with Crippen LogP contribution in [0.25, 0.3) is 0 Å². The molecule has 2 rings (SSSR count). The van der Waals surface area contributed by atoms with Crippen molar-refractivity contribution in [1.82, 2.24) is 0 Å². The largest absolute Gasteiger partial charge is 0.496 e. The lowest BCUT2D eigenvalue weighted by Crippen LogP contribution is -2.14. The number of halogens is 2. The first-order chi connectivity index (χ1) is 9.51. The summed E-state index contributed by atoms with van der Waals surface area (Å²) in [6, 6.07) is 10.4. The molecule has 4 heteroatoms. The Hall–Kier alpha value is -1.39. The molecule has 0 bridgehead atoms. The Kier molecular flexibility index (Phi) is 4.78. The van der Waals surface area contributed by atoms with Gasteiger partial charge in [-0.15, -0.1) is 0 Å². The summed E-state index contributed by atoms with van der Waals surface area (Å²) in [6.07, 6.45) is 0.632. The van der Waals surface area contributed by atoms with Crippen molar-refractivity contribution in [3.05, 3.63) is 63.4 Å². The van der Waals surface area contributed by atoms with Gasteiger partial charge in [-0.25, -0.2) is 4.39 Å². The number of rotatable bonds is 4. The van der Waals surface area contributed by atoms with Crippen LogP contribution in [-0.2, 0) is 6.42 Å². The first-order valence-corrected chi connectivity index (χ1v) is 7.14. The molecule has 0 radical (unpaired) electrons. The van der Waals surface area contributed by atoms with Crippen molar-refractivity contribution >= 4 is 15.9 Å². The third kappa shape index (κ3) is 3.38. The van der Waals surface area contributed by atoms with Crippen LogP contribution < -0.4 is 10.5 Å². The van der Waals surface area contributed by atoms with E-state index in [1.807, 2.05) is 25.1 Å². The number of hydrogen-bond donors (Lipinski definition) is 1. The highest BCUT2D eigenvalue weighted by Gasteiger charge is 2.11. The molecular weight excluding hydrogens is 321 g/mol. The van der Waals surface area contributed by atoms with Crippen LogP contribution in [-0.4, -0.2) is 7.11 Å². The molecule has 0 heterocycles. The van der Waals surface area contributed by atoms with E-state index in [1.165, 1.54) is 12.1 Å². The highest BCUT2D eigenvalue weighted by Crippen LogP contribution is 2.26. The summed E-state index contributed by atoms with van der Waals surface area (Å²) in [4.78, 5) is 0. The lowest BCUT2D eigenvalue weighted by atomic mass is 9.98. The SMILES string of the molecule is COc1cc(C(N)Cc2ccc(F)cc2Br)ccc1C. The van der Waals surface area contributed by atoms with Crippen LogP contribution in [0.5, 0.6) is 5.75 Å². The van der Waals surface area contributed by atoms with E-state index in [9.17, 15) is 4.39 Å². The first kappa shape index (κ1) is 15.0. The lowest BCUT2D eigenvalue weighted by Gasteiger charge is -2.15. The van der Waals surface area contributed by atoms with E-state index in [0.717, 1.165) is 26.9 Å². The monoisotopic (exact) mass is 337 g/mol. The molecule has 0 fully saturated rings. The van der Waals surface area contributed by atoms with Crippen molar-refractivity contribution in [2.24, 2.45) is 5.73 Å². The van der Waals surface area contributed by atoms with Gasteiger partial charge in [0.25, 0.3) is 0 Å². The van der Waals surface area contributed by atoms with Crippen molar-refractivity contribution < 1.29 is 9.13 Å². The van der Waals surface area contributed by atoms with Crippen LogP contribution in [0.3, 0.4) is 0 Å². The molecule has 2 aromatic carbocycles. The van der Waals surface area contributed by atoms with Gasteiger partial charge in [0, 0.05) is 10.5 Å². The predicted molar refractivity (Wildman–Crippen MR) is 82.5 cm³/mol. The van der Waals surface area contributed by atoms with Crippen molar-refractivity contribution in [3.63, 3.8) is 0 Å². The van der Waals surface area contributed by atoms with E-state index in [-0.39, 0.29) is 11.9 Å². The number of aryl methyl sites for hydroxylation is 1. The van der Waals surface area contributed by atoms with Crippen LogP contribution in [0, 0.1) is 12.7 Å². The molecule has 2 nitrogen and oxygen atoms in total. The third-order valence-corrected chi connectivity index (χ3v) is 4.05. The molecule has 0 aromatic heterocycles. The zero-order chi connectivity index (χ0) is 14.7. The molecule has 1 unspecified atom stereocenters. The first-order valence-electron chi connectivity index (χ1n) is 6.35. The van der Waals surface area contributed by atoms with Gasteiger partial charge >= 0.3 is 0 Å². The van der Waals surface area contributed by atoms with Gasteiger partial charge in [-0.3, -0.25) is 0 Å². The van der Waals surface area contributed by atoms with Crippen LogP contribution in [0.15, 0.2) is 40.9 Å². The Bertz CT molecular complexity index is 615. The van der Waals surface area contributed by atoms with Crippen molar-refractivity contribution in [2.45, 2.75) is 19.4 Å². The maximum absolute atomic E-state index is 13.1. The van der Waals surface area contributed by atoms with E-state index in [1.54, 1.807) is 13.2 Å². The Balaban J connectivity index is 2.21. The molecule has 20 heavy (non-hydrogen) atoms. The van der Waals surface area contributed by atoms with Gasteiger partial charge in [-0.2, -0.15) is 0 Å². The Labute approximate surface area is 126 Å².